The number of halogens is 3. The highest BCUT2D eigenvalue weighted by Gasteiger charge is 2.34. The summed E-state index contributed by atoms with van der Waals surface area (Å²) < 4.78 is 64.2. The Bertz CT molecular complexity index is 1090. The highest BCUT2D eigenvalue weighted by atomic mass is 32.2. The number of hydrogen-bond acceptors (Lipinski definition) is 5. The number of sulfonamides is 1. The van der Waals surface area contributed by atoms with E-state index in [4.69, 9.17) is 0 Å². The molecule has 0 aliphatic carbocycles. The van der Waals surface area contributed by atoms with Gasteiger partial charge in [-0.15, -0.1) is 0 Å². The van der Waals surface area contributed by atoms with Crippen LogP contribution in [-0.2, 0) is 21.0 Å². The van der Waals surface area contributed by atoms with Gasteiger partial charge in [0.15, 0.2) is 0 Å². The van der Waals surface area contributed by atoms with Gasteiger partial charge in [0.05, 0.1) is 28.1 Å². The van der Waals surface area contributed by atoms with Crippen LogP contribution in [0.2, 0.25) is 0 Å². The van der Waals surface area contributed by atoms with Crippen molar-refractivity contribution in [3.63, 3.8) is 0 Å². The number of nitrogens with one attached hydrogen (secondary N) is 1. The highest BCUT2D eigenvalue weighted by molar-refractivity contribution is 7.92. The van der Waals surface area contributed by atoms with Crippen LogP contribution >= 0.6 is 0 Å². The molecule has 0 fully saturated rings. The van der Waals surface area contributed by atoms with Crippen molar-refractivity contribution in [3.05, 3.63) is 63.7 Å². The van der Waals surface area contributed by atoms with Gasteiger partial charge in [-0.05, 0) is 37.6 Å². The molecule has 1 amide bonds. The molecule has 0 bridgehead atoms. The topological polar surface area (TPSA) is 110 Å². The molecule has 1 atom stereocenters. The predicted octanol–water partition coefficient (Wildman–Crippen LogP) is 3.72. The lowest BCUT2D eigenvalue weighted by Crippen LogP contribution is -2.45. The molecule has 2 aromatic rings. The van der Waals surface area contributed by atoms with Crippen LogP contribution in [0.4, 0.5) is 30.2 Å². The van der Waals surface area contributed by atoms with Gasteiger partial charge in [0.25, 0.3) is 5.69 Å². The molecule has 0 aromatic heterocycles. The van der Waals surface area contributed by atoms with Gasteiger partial charge in [0.2, 0.25) is 15.9 Å². The summed E-state index contributed by atoms with van der Waals surface area (Å²) in [4.78, 5) is 23.0. The third kappa shape index (κ3) is 5.26. The van der Waals surface area contributed by atoms with Crippen LogP contribution in [-0.4, -0.2) is 31.5 Å². The van der Waals surface area contributed by atoms with Crippen LogP contribution in [0.15, 0.2) is 42.5 Å². The van der Waals surface area contributed by atoms with E-state index in [0.717, 1.165) is 30.5 Å². The van der Waals surface area contributed by atoms with Crippen LogP contribution in [0.5, 0.6) is 0 Å². The van der Waals surface area contributed by atoms with Crippen molar-refractivity contribution in [2.24, 2.45) is 0 Å². The number of non-ortho nitro benzene ring substituents is 1. The minimum atomic E-state index is -4.70. The lowest BCUT2D eigenvalue weighted by atomic mass is 10.1. The second-order valence-corrected chi connectivity index (χ2v) is 8.39. The molecule has 162 valence electrons. The summed E-state index contributed by atoms with van der Waals surface area (Å²) in [6, 6.07) is 5.88. The number of amides is 1. The normalized spacial score (nSPS) is 12.9. The van der Waals surface area contributed by atoms with Gasteiger partial charge >= 0.3 is 6.18 Å². The number of aryl methyl sites for hydroxylation is 1. The zero-order valence-electron chi connectivity index (χ0n) is 16.1. The van der Waals surface area contributed by atoms with Gasteiger partial charge in [0, 0.05) is 12.1 Å². The van der Waals surface area contributed by atoms with Gasteiger partial charge in [-0.25, -0.2) is 8.42 Å². The van der Waals surface area contributed by atoms with E-state index in [2.05, 4.69) is 5.32 Å². The number of alkyl halides is 3. The Balaban J connectivity index is 2.42. The molecule has 0 saturated carbocycles. The molecule has 12 heteroatoms. The number of hydrogen-bond donors (Lipinski definition) is 1. The Labute approximate surface area is 170 Å². The number of rotatable bonds is 6. The number of nitrogens with zero attached hydrogens (tertiary/aromatic N) is 2. The van der Waals surface area contributed by atoms with Crippen molar-refractivity contribution in [2.45, 2.75) is 26.1 Å². The first-order valence-electron chi connectivity index (χ1n) is 8.44. The van der Waals surface area contributed by atoms with Crippen LogP contribution in [0, 0.1) is 17.0 Å². The van der Waals surface area contributed by atoms with Gasteiger partial charge in [-0.3, -0.25) is 19.2 Å². The number of carbonyl (C=O) groups is 1. The predicted molar refractivity (Wildman–Crippen MR) is 105 cm³/mol. The number of anilines is 2. The largest absolute Gasteiger partial charge is 0.416 e. The number of carbonyl (C=O) groups excluding carboxylic acids is 1. The number of nitro groups is 1. The summed E-state index contributed by atoms with van der Waals surface area (Å²) in [6.45, 7) is 2.77. The molecule has 0 radical (unpaired) electrons. The van der Waals surface area contributed by atoms with Crippen molar-refractivity contribution in [1.29, 1.82) is 0 Å². The Morgan fingerprint density at radius 2 is 1.83 bits per heavy atom. The van der Waals surface area contributed by atoms with Crippen molar-refractivity contribution >= 4 is 33.0 Å². The smallest absolute Gasteiger partial charge is 0.324 e. The van der Waals surface area contributed by atoms with E-state index < -0.39 is 38.6 Å². The molecule has 0 aliphatic rings. The number of benzene rings is 2. The Hall–Kier alpha value is -3.15. The fraction of sp³-hybridized carbons (Fsp3) is 0.278. The summed E-state index contributed by atoms with van der Waals surface area (Å²) in [5.74, 6) is -0.874. The Kier molecular flexibility index (Phi) is 6.40. The molecule has 0 aliphatic heterocycles. The highest BCUT2D eigenvalue weighted by Crippen LogP contribution is 2.33. The lowest BCUT2D eigenvalue weighted by Gasteiger charge is -2.28. The standard InChI is InChI=1S/C18H18F3N3O5S/c1-11-7-8-15(24(26)27)10-16(11)22-17(25)12(2)23(30(3,28)29)14-6-4-5-13(9-14)18(19,20)21/h4-10,12H,1-3H3,(H,22,25). The lowest BCUT2D eigenvalue weighted by molar-refractivity contribution is -0.384. The van der Waals surface area contributed by atoms with E-state index in [1.54, 1.807) is 6.92 Å². The Morgan fingerprint density at radius 1 is 1.20 bits per heavy atom. The van der Waals surface area contributed by atoms with E-state index >= 15 is 0 Å². The van der Waals surface area contributed by atoms with Crippen molar-refractivity contribution in [1.82, 2.24) is 0 Å². The fourth-order valence-corrected chi connectivity index (χ4v) is 3.89. The van der Waals surface area contributed by atoms with Gasteiger partial charge in [-0.2, -0.15) is 13.2 Å². The maximum absolute atomic E-state index is 13.0. The fourth-order valence-electron chi connectivity index (χ4n) is 2.72. The van der Waals surface area contributed by atoms with Gasteiger partial charge in [0.1, 0.15) is 6.04 Å². The molecular formula is C18H18F3N3O5S. The first-order valence-corrected chi connectivity index (χ1v) is 10.3. The minimum Gasteiger partial charge on any atom is -0.324 e. The maximum Gasteiger partial charge on any atom is 0.416 e. The van der Waals surface area contributed by atoms with E-state index in [1.165, 1.54) is 19.1 Å². The van der Waals surface area contributed by atoms with Crippen molar-refractivity contribution in [3.8, 4) is 0 Å². The molecule has 2 rings (SSSR count). The summed E-state index contributed by atoms with van der Waals surface area (Å²) in [7, 11) is -4.15. The van der Waals surface area contributed by atoms with Crippen LogP contribution in [0.1, 0.15) is 18.1 Å². The number of nitro benzene ring substituents is 1. The summed E-state index contributed by atoms with van der Waals surface area (Å²) >= 11 is 0. The third-order valence-corrected chi connectivity index (χ3v) is 5.45. The first-order chi connectivity index (χ1) is 13.7. The average Bonchev–Trinajstić information content (AvgIpc) is 2.61. The molecule has 0 saturated heterocycles. The first kappa shape index (κ1) is 23.1. The van der Waals surface area contributed by atoms with E-state index in [1.807, 2.05) is 0 Å². The zero-order chi connectivity index (χ0) is 22.9. The van der Waals surface area contributed by atoms with Crippen molar-refractivity contribution in [2.75, 3.05) is 15.9 Å². The van der Waals surface area contributed by atoms with Crippen LogP contribution < -0.4 is 9.62 Å². The van der Waals surface area contributed by atoms with Gasteiger partial charge in [-0.1, -0.05) is 12.1 Å². The molecule has 30 heavy (non-hydrogen) atoms. The zero-order valence-corrected chi connectivity index (χ0v) is 16.9. The summed E-state index contributed by atoms with van der Waals surface area (Å²) in [5.41, 5.74) is -1.15. The summed E-state index contributed by atoms with van der Waals surface area (Å²) in [6.07, 6.45) is -3.94. The average molecular weight is 445 g/mol. The molecule has 1 unspecified atom stereocenters. The van der Waals surface area contributed by atoms with E-state index in [-0.39, 0.29) is 17.1 Å². The molecular weight excluding hydrogens is 427 g/mol. The minimum absolute atomic E-state index is 0.0820. The molecule has 0 heterocycles. The van der Waals surface area contributed by atoms with Crippen molar-refractivity contribution < 1.29 is 31.3 Å². The molecule has 2 aromatic carbocycles. The third-order valence-electron chi connectivity index (χ3n) is 4.21. The second kappa shape index (κ2) is 8.30. The molecule has 0 spiro atoms. The Morgan fingerprint density at radius 3 is 2.37 bits per heavy atom. The van der Waals surface area contributed by atoms with Gasteiger partial charge < -0.3 is 5.32 Å². The quantitative estimate of drug-likeness (QED) is 0.538. The maximum atomic E-state index is 13.0. The monoisotopic (exact) mass is 445 g/mol. The SMILES string of the molecule is Cc1ccc([N+](=O)[O-])cc1NC(=O)C(C)N(c1cccc(C(F)(F)F)c1)S(C)(=O)=O. The second-order valence-electron chi connectivity index (χ2n) is 6.53. The van der Waals surface area contributed by atoms with Crippen LogP contribution in [0.3, 0.4) is 0 Å². The molecule has 1 N–H and O–H groups in total. The summed E-state index contributed by atoms with van der Waals surface area (Å²) in [5, 5.41) is 13.3. The van der Waals surface area contributed by atoms with E-state index in [0.29, 0.717) is 15.9 Å². The molecule has 8 nitrogen and oxygen atoms in total. The van der Waals surface area contributed by atoms with Crippen LogP contribution in [0.25, 0.3) is 0 Å². The van der Waals surface area contributed by atoms with E-state index in [9.17, 15) is 36.5 Å².